The minimum absolute atomic E-state index is 0.0976. The minimum atomic E-state index is -0.278. The van der Waals surface area contributed by atoms with Crippen molar-refractivity contribution in [3.63, 3.8) is 0 Å². The van der Waals surface area contributed by atoms with Crippen molar-refractivity contribution in [3.05, 3.63) is 82.0 Å². The molecule has 0 spiro atoms. The second-order valence-corrected chi connectivity index (χ2v) is 10.0. The van der Waals surface area contributed by atoms with Gasteiger partial charge in [0.15, 0.2) is 0 Å². The molecule has 0 radical (unpaired) electrons. The van der Waals surface area contributed by atoms with Crippen LogP contribution < -0.4 is 10.1 Å². The van der Waals surface area contributed by atoms with Crippen molar-refractivity contribution >= 4 is 29.1 Å². The lowest BCUT2D eigenvalue weighted by Gasteiger charge is -2.38. The Labute approximate surface area is 222 Å². The number of aryl methyl sites for hydroxylation is 1. The number of pyridine rings is 3. The molecule has 0 aromatic carbocycles. The molecule has 1 aliphatic heterocycles. The molecule has 1 saturated heterocycles. The van der Waals surface area contributed by atoms with Crippen LogP contribution in [0.15, 0.2) is 55.1 Å². The highest BCUT2D eigenvalue weighted by Gasteiger charge is 2.31. The highest BCUT2D eigenvalue weighted by molar-refractivity contribution is 6.39. The van der Waals surface area contributed by atoms with Gasteiger partial charge in [-0.3, -0.25) is 14.8 Å². The van der Waals surface area contributed by atoms with Gasteiger partial charge in [-0.15, -0.1) is 0 Å². The Hall–Kier alpha value is -2.74. The minimum Gasteiger partial charge on any atom is -0.469 e. The van der Waals surface area contributed by atoms with E-state index in [0.717, 1.165) is 43.6 Å². The standard InChI is InChI=1S/C27H31Cl2N5O2/c1-18-5-3-7-24(33-18)36-26(21-6-4-11-30-15-21)20-9-13-34(14-10-20)19(2)8-12-32-27(35)25-22(28)16-31-17-23(25)29/h3-7,11,15-17,19-20,26H,8-10,12-14H2,1-2H3,(H,32,35)/t19?,26-/m1/s1. The highest BCUT2D eigenvalue weighted by atomic mass is 35.5. The molecule has 1 amide bonds. The Morgan fingerprint density at radius 1 is 1.11 bits per heavy atom. The van der Waals surface area contributed by atoms with Crippen molar-refractivity contribution in [3.8, 4) is 5.88 Å². The quantitative estimate of drug-likeness (QED) is 0.394. The largest absolute Gasteiger partial charge is 0.469 e. The molecule has 36 heavy (non-hydrogen) atoms. The number of ether oxygens (including phenoxy) is 1. The summed E-state index contributed by atoms with van der Waals surface area (Å²) in [6.45, 7) is 6.63. The highest BCUT2D eigenvalue weighted by Crippen LogP contribution is 2.35. The molecule has 1 aliphatic rings. The molecule has 7 nitrogen and oxygen atoms in total. The first-order valence-corrected chi connectivity index (χ1v) is 13.0. The van der Waals surface area contributed by atoms with Crippen LogP contribution in [-0.2, 0) is 0 Å². The summed E-state index contributed by atoms with van der Waals surface area (Å²) in [5, 5.41) is 3.44. The summed E-state index contributed by atoms with van der Waals surface area (Å²) in [4.78, 5) is 27.8. The molecule has 9 heteroatoms. The topological polar surface area (TPSA) is 80.2 Å². The van der Waals surface area contributed by atoms with Gasteiger partial charge in [0.2, 0.25) is 5.88 Å². The number of hydrogen-bond acceptors (Lipinski definition) is 6. The number of aromatic nitrogens is 3. The van der Waals surface area contributed by atoms with Crippen molar-refractivity contribution in [1.29, 1.82) is 0 Å². The smallest absolute Gasteiger partial charge is 0.254 e. The number of carbonyl (C=O) groups excluding carboxylic acids is 1. The number of rotatable bonds is 9. The molecule has 4 rings (SSSR count). The van der Waals surface area contributed by atoms with Crippen LogP contribution in [0.25, 0.3) is 0 Å². The van der Waals surface area contributed by atoms with Gasteiger partial charge in [-0.25, -0.2) is 4.98 Å². The predicted molar refractivity (Wildman–Crippen MR) is 142 cm³/mol. The fourth-order valence-corrected chi connectivity index (χ4v) is 5.19. The molecule has 1 N–H and O–H groups in total. The van der Waals surface area contributed by atoms with Crippen LogP contribution in [0.2, 0.25) is 10.0 Å². The van der Waals surface area contributed by atoms with Gasteiger partial charge < -0.3 is 15.0 Å². The number of nitrogens with one attached hydrogen (secondary N) is 1. The second-order valence-electron chi connectivity index (χ2n) is 9.19. The fraction of sp³-hybridized carbons (Fsp3) is 0.407. The van der Waals surface area contributed by atoms with Crippen LogP contribution >= 0.6 is 23.2 Å². The first-order chi connectivity index (χ1) is 17.4. The van der Waals surface area contributed by atoms with E-state index in [4.69, 9.17) is 27.9 Å². The Morgan fingerprint density at radius 2 is 1.86 bits per heavy atom. The van der Waals surface area contributed by atoms with E-state index in [-0.39, 0.29) is 27.6 Å². The lowest BCUT2D eigenvalue weighted by molar-refractivity contribution is 0.0578. The maximum Gasteiger partial charge on any atom is 0.254 e. The lowest BCUT2D eigenvalue weighted by atomic mass is 9.87. The molecule has 1 unspecified atom stereocenters. The molecule has 1 fully saturated rings. The third-order valence-corrected chi connectivity index (χ3v) is 7.25. The Bertz CT molecular complexity index is 1140. The average Bonchev–Trinajstić information content (AvgIpc) is 2.88. The number of halogens is 2. The van der Waals surface area contributed by atoms with Gasteiger partial charge in [-0.2, -0.15) is 0 Å². The van der Waals surface area contributed by atoms with Gasteiger partial charge in [0.25, 0.3) is 5.91 Å². The Kier molecular flexibility index (Phi) is 9.13. The molecular weight excluding hydrogens is 497 g/mol. The maximum absolute atomic E-state index is 12.5. The zero-order chi connectivity index (χ0) is 25.5. The molecule has 4 heterocycles. The summed E-state index contributed by atoms with van der Waals surface area (Å²) in [5.41, 5.74) is 2.27. The molecule has 3 aromatic rings. The van der Waals surface area contributed by atoms with Gasteiger partial charge in [0.1, 0.15) is 6.10 Å². The van der Waals surface area contributed by atoms with Crippen molar-refractivity contribution < 1.29 is 9.53 Å². The van der Waals surface area contributed by atoms with Gasteiger partial charge in [-0.05, 0) is 58.3 Å². The molecule has 3 aromatic heterocycles. The van der Waals surface area contributed by atoms with Crippen LogP contribution in [0.1, 0.15) is 53.9 Å². The van der Waals surface area contributed by atoms with Crippen LogP contribution in [0.5, 0.6) is 5.88 Å². The SMILES string of the molecule is Cc1cccc(O[C@@H](c2cccnc2)C2CCN(C(C)CCNC(=O)c3c(Cl)cncc3Cl)CC2)n1. The molecule has 0 aliphatic carbocycles. The number of likely N-dealkylation sites (tertiary alicyclic amines) is 1. The van der Waals surface area contributed by atoms with E-state index in [2.05, 4.69) is 38.2 Å². The van der Waals surface area contributed by atoms with E-state index < -0.39 is 0 Å². The summed E-state index contributed by atoms with van der Waals surface area (Å²) in [6, 6.07) is 10.2. The number of piperidine rings is 1. The van der Waals surface area contributed by atoms with Crippen LogP contribution in [0, 0.1) is 12.8 Å². The van der Waals surface area contributed by atoms with E-state index in [0.29, 0.717) is 24.4 Å². The van der Waals surface area contributed by atoms with E-state index in [1.54, 1.807) is 6.20 Å². The van der Waals surface area contributed by atoms with E-state index in [1.165, 1.54) is 12.4 Å². The third kappa shape index (κ3) is 6.72. The maximum atomic E-state index is 12.5. The summed E-state index contributed by atoms with van der Waals surface area (Å²) in [6.07, 6.45) is 9.25. The van der Waals surface area contributed by atoms with Crippen molar-refractivity contribution in [2.45, 2.75) is 45.3 Å². The van der Waals surface area contributed by atoms with Crippen LogP contribution in [0.4, 0.5) is 0 Å². The normalized spacial score (nSPS) is 16.3. The van der Waals surface area contributed by atoms with Crippen LogP contribution in [-0.4, -0.2) is 51.4 Å². The van der Waals surface area contributed by atoms with E-state index in [9.17, 15) is 4.79 Å². The van der Waals surface area contributed by atoms with Crippen LogP contribution in [0.3, 0.4) is 0 Å². The zero-order valence-electron chi connectivity index (χ0n) is 20.5. The molecule has 190 valence electrons. The summed E-state index contributed by atoms with van der Waals surface area (Å²) < 4.78 is 6.43. The predicted octanol–water partition coefficient (Wildman–Crippen LogP) is 5.53. The number of carbonyl (C=O) groups is 1. The molecule has 0 bridgehead atoms. The third-order valence-electron chi connectivity index (χ3n) is 6.68. The fourth-order valence-electron chi connectivity index (χ4n) is 4.65. The van der Waals surface area contributed by atoms with E-state index >= 15 is 0 Å². The zero-order valence-corrected chi connectivity index (χ0v) is 22.0. The first-order valence-electron chi connectivity index (χ1n) is 12.2. The monoisotopic (exact) mass is 527 g/mol. The van der Waals surface area contributed by atoms with Gasteiger partial charge in [0, 0.05) is 60.6 Å². The Morgan fingerprint density at radius 3 is 2.53 bits per heavy atom. The summed E-state index contributed by atoms with van der Waals surface area (Å²) in [7, 11) is 0. The van der Waals surface area contributed by atoms with Gasteiger partial charge >= 0.3 is 0 Å². The number of amides is 1. The molecular formula is C27H31Cl2N5O2. The average molecular weight is 528 g/mol. The number of nitrogens with zero attached hydrogens (tertiary/aromatic N) is 4. The molecule has 2 atom stereocenters. The van der Waals surface area contributed by atoms with Crippen molar-refractivity contribution in [2.24, 2.45) is 5.92 Å². The number of hydrogen-bond donors (Lipinski definition) is 1. The summed E-state index contributed by atoms with van der Waals surface area (Å²) >= 11 is 12.2. The Balaban J connectivity index is 1.31. The van der Waals surface area contributed by atoms with Gasteiger partial charge in [-0.1, -0.05) is 35.3 Å². The second kappa shape index (κ2) is 12.5. The lowest BCUT2D eigenvalue weighted by Crippen LogP contribution is -2.43. The first kappa shape index (κ1) is 26.3. The van der Waals surface area contributed by atoms with Crippen molar-refractivity contribution in [1.82, 2.24) is 25.2 Å². The van der Waals surface area contributed by atoms with Gasteiger partial charge in [0.05, 0.1) is 15.6 Å². The van der Waals surface area contributed by atoms with Crippen molar-refractivity contribution in [2.75, 3.05) is 19.6 Å². The summed E-state index contributed by atoms with van der Waals surface area (Å²) in [5.74, 6) is 0.722. The molecule has 0 saturated carbocycles. The van der Waals surface area contributed by atoms with E-state index in [1.807, 2.05) is 37.4 Å².